The van der Waals surface area contributed by atoms with Crippen LogP contribution in [0.5, 0.6) is 0 Å². The number of aliphatic imine (C=N–C) groups is 1. The molecule has 0 spiro atoms. The van der Waals surface area contributed by atoms with Gasteiger partial charge in [0.1, 0.15) is 5.58 Å². The summed E-state index contributed by atoms with van der Waals surface area (Å²) in [6.45, 7) is 0. The topological polar surface area (TPSA) is 79.9 Å². The molecule has 1 aliphatic heterocycles. The largest absolute Gasteiger partial charge is 0.422 e. The van der Waals surface area contributed by atoms with E-state index in [-0.39, 0.29) is 5.63 Å². The number of nitrogens with zero attached hydrogens (tertiary/aromatic N) is 3. The Hall–Kier alpha value is -2.93. The lowest BCUT2D eigenvalue weighted by atomic mass is 10.1. The van der Waals surface area contributed by atoms with Crippen LogP contribution in [0.1, 0.15) is 5.56 Å². The molecule has 3 heterocycles. The van der Waals surface area contributed by atoms with Crippen molar-refractivity contribution >= 4 is 39.4 Å². The van der Waals surface area contributed by atoms with Crippen LogP contribution in [0, 0.1) is 0 Å². The van der Waals surface area contributed by atoms with Crippen LogP contribution in [-0.2, 0) is 0 Å². The van der Waals surface area contributed by atoms with Crippen LogP contribution in [0.25, 0.3) is 11.0 Å². The zero-order chi connectivity index (χ0) is 16.4. The monoisotopic (exact) mass is 336 g/mol. The summed E-state index contributed by atoms with van der Waals surface area (Å²) in [6, 6.07) is 14.7. The summed E-state index contributed by atoms with van der Waals surface area (Å²) in [4.78, 5) is 20.7. The van der Waals surface area contributed by atoms with Crippen molar-refractivity contribution in [2.24, 2.45) is 10.1 Å². The van der Waals surface area contributed by atoms with Gasteiger partial charge in [0.15, 0.2) is 11.0 Å². The van der Waals surface area contributed by atoms with E-state index in [1.165, 1.54) is 11.8 Å². The van der Waals surface area contributed by atoms with Gasteiger partial charge in [-0.15, -0.1) is 0 Å². The first-order valence-corrected chi connectivity index (χ1v) is 8.26. The molecule has 24 heavy (non-hydrogen) atoms. The van der Waals surface area contributed by atoms with E-state index < -0.39 is 0 Å². The Labute approximate surface area is 141 Å². The summed E-state index contributed by atoms with van der Waals surface area (Å²) in [6.07, 6.45) is 1.68. The van der Waals surface area contributed by atoms with Gasteiger partial charge in [-0.3, -0.25) is 5.43 Å². The van der Waals surface area contributed by atoms with E-state index in [1.54, 1.807) is 12.3 Å². The number of rotatable bonds is 2. The average Bonchev–Trinajstić information content (AvgIpc) is 2.63. The standard InChI is InChI=1S/C17H12N4O2S/c22-16-12(9-11-5-1-2-6-14(11)23-16)13-10-24-17(21-20-13)19-15-7-3-4-8-18-15/h1-9H,10H2,(H,18,19,21). The molecule has 2 aromatic heterocycles. The molecule has 1 aliphatic rings. The number of thioether (sulfide) groups is 1. The summed E-state index contributed by atoms with van der Waals surface area (Å²) in [5.41, 5.74) is 4.15. The second-order valence-corrected chi connectivity index (χ2v) is 6.01. The Morgan fingerprint density at radius 1 is 1.17 bits per heavy atom. The molecule has 6 nitrogen and oxygen atoms in total. The molecule has 0 saturated carbocycles. The molecule has 0 saturated heterocycles. The predicted molar refractivity (Wildman–Crippen MR) is 95.9 cm³/mol. The molecule has 3 aromatic rings. The van der Waals surface area contributed by atoms with E-state index in [2.05, 4.69) is 20.5 Å². The van der Waals surface area contributed by atoms with Crippen LogP contribution in [0.4, 0.5) is 5.82 Å². The molecule has 0 bridgehead atoms. The Kier molecular flexibility index (Phi) is 3.84. The van der Waals surface area contributed by atoms with Crippen LogP contribution in [0.2, 0.25) is 0 Å². The van der Waals surface area contributed by atoms with Crippen molar-refractivity contribution in [1.82, 2.24) is 10.4 Å². The summed E-state index contributed by atoms with van der Waals surface area (Å²) in [7, 11) is 0. The Morgan fingerprint density at radius 2 is 2.04 bits per heavy atom. The van der Waals surface area contributed by atoms with E-state index >= 15 is 0 Å². The maximum Gasteiger partial charge on any atom is 0.345 e. The van der Waals surface area contributed by atoms with Gasteiger partial charge in [0.25, 0.3) is 0 Å². The number of benzene rings is 1. The molecular weight excluding hydrogens is 324 g/mol. The molecule has 0 atom stereocenters. The summed E-state index contributed by atoms with van der Waals surface area (Å²) < 4.78 is 5.35. The molecule has 1 aromatic carbocycles. The van der Waals surface area contributed by atoms with Crippen LogP contribution in [-0.4, -0.2) is 21.6 Å². The highest BCUT2D eigenvalue weighted by Crippen LogP contribution is 2.18. The lowest BCUT2D eigenvalue weighted by Crippen LogP contribution is -2.28. The van der Waals surface area contributed by atoms with E-state index in [0.717, 1.165) is 5.39 Å². The average molecular weight is 336 g/mol. The molecule has 0 aliphatic carbocycles. The zero-order valence-corrected chi connectivity index (χ0v) is 13.3. The highest BCUT2D eigenvalue weighted by Gasteiger charge is 2.17. The SMILES string of the molecule is O=c1oc2ccccc2cc1C1=NN/C(=N\c2ccccn2)SC1. The number of para-hydroxylation sites is 1. The van der Waals surface area contributed by atoms with Crippen molar-refractivity contribution < 1.29 is 4.42 Å². The van der Waals surface area contributed by atoms with Gasteiger partial charge in [-0.05, 0) is 24.3 Å². The highest BCUT2D eigenvalue weighted by atomic mass is 32.2. The summed E-state index contributed by atoms with van der Waals surface area (Å²) >= 11 is 1.46. The quantitative estimate of drug-likeness (QED) is 0.728. The minimum absolute atomic E-state index is 0.389. The van der Waals surface area contributed by atoms with Crippen molar-refractivity contribution in [3.63, 3.8) is 0 Å². The third-order valence-electron chi connectivity index (χ3n) is 3.45. The molecular formula is C17H12N4O2S. The molecule has 0 fully saturated rings. The zero-order valence-electron chi connectivity index (χ0n) is 12.5. The van der Waals surface area contributed by atoms with Gasteiger partial charge in [-0.1, -0.05) is 36.0 Å². The molecule has 7 heteroatoms. The maximum absolute atomic E-state index is 12.2. The Morgan fingerprint density at radius 3 is 2.83 bits per heavy atom. The first-order valence-electron chi connectivity index (χ1n) is 7.28. The van der Waals surface area contributed by atoms with Gasteiger partial charge >= 0.3 is 5.63 Å². The van der Waals surface area contributed by atoms with Crippen LogP contribution >= 0.6 is 11.8 Å². The molecule has 1 N–H and O–H groups in total. The molecule has 0 amide bonds. The second kappa shape index (κ2) is 6.29. The van der Waals surface area contributed by atoms with Gasteiger partial charge in [0, 0.05) is 17.3 Å². The normalized spacial score (nSPS) is 16.0. The van der Waals surface area contributed by atoms with Crippen molar-refractivity contribution in [3.8, 4) is 0 Å². The fourth-order valence-corrected chi connectivity index (χ4v) is 3.06. The molecule has 4 rings (SSSR count). The number of pyridine rings is 1. The third-order valence-corrected chi connectivity index (χ3v) is 4.32. The first kappa shape index (κ1) is 14.6. The number of nitrogens with one attached hydrogen (secondary N) is 1. The number of hydrogen-bond acceptors (Lipinski definition) is 6. The lowest BCUT2D eigenvalue weighted by Gasteiger charge is -2.14. The smallest absolute Gasteiger partial charge is 0.345 e. The van der Waals surface area contributed by atoms with E-state index in [0.29, 0.717) is 33.6 Å². The minimum Gasteiger partial charge on any atom is -0.422 e. The molecule has 0 radical (unpaired) electrons. The fourth-order valence-electron chi connectivity index (χ4n) is 2.30. The molecule has 0 unspecified atom stereocenters. The van der Waals surface area contributed by atoms with Crippen LogP contribution < -0.4 is 11.1 Å². The van der Waals surface area contributed by atoms with E-state index in [4.69, 9.17) is 4.42 Å². The van der Waals surface area contributed by atoms with E-state index in [9.17, 15) is 4.79 Å². The number of amidine groups is 1. The molecule has 118 valence electrons. The van der Waals surface area contributed by atoms with Crippen molar-refractivity contribution in [1.29, 1.82) is 0 Å². The first-order chi connectivity index (χ1) is 11.8. The Balaban J connectivity index is 1.64. The van der Waals surface area contributed by atoms with Gasteiger partial charge in [-0.25, -0.2) is 14.8 Å². The van der Waals surface area contributed by atoms with Gasteiger partial charge < -0.3 is 4.42 Å². The number of hydrogen-bond donors (Lipinski definition) is 1. The third kappa shape index (κ3) is 2.93. The maximum atomic E-state index is 12.2. The minimum atomic E-state index is -0.389. The summed E-state index contributed by atoms with van der Waals surface area (Å²) in [5.74, 6) is 1.14. The van der Waals surface area contributed by atoms with Gasteiger partial charge in [0.05, 0.1) is 11.3 Å². The van der Waals surface area contributed by atoms with Gasteiger partial charge in [-0.2, -0.15) is 5.10 Å². The number of aromatic nitrogens is 1. The Bertz CT molecular complexity index is 1010. The fraction of sp³-hybridized carbons (Fsp3) is 0.0588. The number of hydrazone groups is 1. The van der Waals surface area contributed by atoms with Crippen LogP contribution in [0.3, 0.4) is 0 Å². The highest BCUT2D eigenvalue weighted by molar-refractivity contribution is 8.14. The second-order valence-electron chi connectivity index (χ2n) is 5.05. The van der Waals surface area contributed by atoms with Crippen molar-refractivity contribution in [3.05, 3.63) is 70.7 Å². The van der Waals surface area contributed by atoms with E-state index in [1.807, 2.05) is 42.5 Å². The van der Waals surface area contributed by atoms with Gasteiger partial charge in [0.2, 0.25) is 0 Å². The van der Waals surface area contributed by atoms with Crippen molar-refractivity contribution in [2.45, 2.75) is 0 Å². The van der Waals surface area contributed by atoms with Crippen LogP contribution in [0.15, 0.2) is 74.0 Å². The number of fused-ring (bicyclic) bond motifs is 1. The predicted octanol–water partition coefficient (Wildman–Crippen LogP) is 2.92. The van der Waals surface area contributed by atoms with Crippen molar-refractivity contribution in [2.75, 3.05) is 5.75 Å². The summed E-state index contributed by atoms with van der Waals surface area (Å²) in [5, 5.41) is 5.78. The lowest BCUT2D eigenvalue weighted by molar-refractivity contribution is 0.559.